The lowest BCUT2D eigenvalue weighted by atomic mass is 10.2. The van der Waals surface area contributed by atoms with Crippen molar-refractivity contribution in [2.24, 2.45) is 0 Å². The van der Waals surface area contributed by atoms with Crippen molar-refractivity contribution in [2.45, 2.75) is 11.7 Å². The number of hydrogen-bond acceptors (Lipinski definition) is 6. The SMILES string of the molecule is COc1ccc(NC(=O)CSc2nnc(CNC(=O)c3ccccc3F)n2-c2ccc(F)cc2)cc1. The lowest BCUT2D eigenvalue weighted by Crippen LogP contribution is -2.25. The molecule has 4 aromatic rings. The van der Waals surface area contributed by atoms with Crippen LogP contribution in [0.25, 0.3) is 5.69 Å². The Hall–Kier alpha value is -4.25. The third kappa shape index (κ3) is 6.05. The van der Waals surface area contributed by atoms with Crippen LogP contribution in [0.2, 0.25) is 0 Å². The number of halogens is 2. The van der Waals surface area contributed by atoms with Crippen LogP contribution in [-0.2, 0) is 11.3 Å². The molecule has 0 atom stereocenters. The summed E-state index contributed by atoms with van der Waals surface area (Å²) in [6, 6.07) is 18.1. The summed E-state index contributed by atoms with van der Waals surface area (Å²) >= 11 is 1.12. The number of amides is 2. The fourth-order valence-electron chi connectivity index (χ4n) is 3.26. The highest BCUT2D eigenvalue weighted by molar-refractivity contribution is 7.99. The van der Waals surface area contributed by atoms with Gasteiger partial charge in [0.1, 0.15) is 17.4 Å². The smallest absolute Gasteiger partial charge is 0.254 e. The summed E-state index contributed by atoms with van der Waals surface area (Å²) in [4.78, 5) is 24.9. The number of thioether (sulfide) groups is 1. The number of nitrogens with one attached hydrogen (secondary N) is 2. The van der Waals surface area contributed by atoms with Crippen molar-refractivity contribution in [1.82, 2.24) is 20.1 Å². The maximum Gasteiger partial charge on any atom is 0.254 e. The van der Waals surface area contributed by atoms with Crippen molar-refractivity contribution in [1.29, 1.82) is 0 Å². The Bertz CT molecular complexity index is 1360. The van der Waals surface area contributed by atoms with Crippen molar-refractivity contribution in [3.63, 3.8) is 0 Å². The molecular weight excluding hydrogens is 488 g/mol. The molecule has 0 spiro atoms. The van der Waals surface area contributed by atoms with Crippen molar-refractivity contribution in [3.05, 3.63) is 95.8 Å². The number of nitrogens with zero attached hydrogens (tertiary/aromatic N) is 3. The molecule has 0 fully saturated rings. The topological polar surface area (TPSA) is 98.1 Å². The van der Waals surface area contributed by atoms with Gasteiger partial charge in [0.2, 0.25) is 5.91 Å². The van der Waals surface area contributed by atoms with Crippen LogP contribution in [0.5, 0.6) is 5.75 Å². The maximum absolute atomic E-state index is 13.9. The fraction of sp³-hybridized carbons (Fsp3) is 0.120. The van der Waals surface area contributed by atoms with Crippen LogP contribution >= 0.6 is 11.8 Å². The number of methoxy groups -OCH3 is 1. The molecule has 184 valence electrons. The second-order valence-electron chi connectivity index (χ2n) is 7.44. The number of anilines is 1. The van der Waals surface area contributed by atoms with Gasteiger partial charge in [0.05, 0.1) is 25.0 Å². The van der Waals surface area contributed by atoms with E-state index >= 15 is 0 Å². The molecule has 1 aromatic heterocycles. The van der Waals surface area contributed by atoms with Gasteiger partial charge >= 0.3 is 0 Å². The van der Waals surface area contributed by atoms with E-state index in [1.165, 1.54) is 42.5 Å². The largest absolute Gasteiger partial charge is 0.497 e. The molecule has 4 rings (SSSR count). The second kappa shape index (κ2) is 11.5. The third-order valence-corrected chi connectivity index (χ3v) is 5.95. The standard InChI is InChI=1S/C25H21F2N5O3S/c1-35-19-12-8-17(9-13-19)29-23(33)15-36-25-31-30-22(32(25)18-10-6-16(26)7-11-18)14-28-24(34)20-4-2-3-5-21(20)27/h2-13H,14-15H2,1H3,(H,28,34)(H,29,33). The lowest BCUT2D eigenvalue weighted by molar-refractivity contribution is -0.113. The van der Waals surface area contributed by atoms with Gasteiger partial charge in [-0.1, -0.05) is 23.9 Å². The zero-order valence-corrected chi connectivity index (χ0v) is 19.9. The summed E-state index contributed by atoms with van der Waals surface area (Å²) in [7, 11) is 1.56. The molecule has 0 radical (unpaired) electrons. The zero-order chi connectivity index (χ0) is 25.5. The van der Waals surface area contributed by atoms with E-state index in [2.05, 4.69) is 20.8 Å². The van der Waals surface area contributed by atoms with Gasteiger partial charge in [0.15, 0.2) is 11.0 Å². The average Bonchev–Trinajstić information content (AvgIpc) is 3.30. The summed E-state index contributed by atoms with van der Waals surface area (Å²) in [5, 5.41) is 14.0. The normalized spacial score (nSPS) is 10.6. The van der Waals surface area contributed by atoms with Gasteiger partial charge in [-0.3, -0.25) is 14.2 Å². The number of hydrogen-bond donors (Lipinski definition) is 2. The summed E-state index contributed by atoms with van der Waals surface area (Å²) in [5.41, 5.74) is 1.04. The quantitative estimate of drug-likeness (QED) is 0.328. The average molecular weight is 510 g/mol. The molecule has 0 aliphatic carbocycles. The van der Waals surface area contributed by atoms with E-state index in [1.807, 2.05) is 0 Å². The highest BCUT2D eigenvalue weighted by Crippen LogP contribution is 2.23. The van der Waals surface area contributed by atoms with Gasteiger partial charge in [-0.15, -0.1) is 10.2 Å². The van der Waals surface area contributed by atoms with Crippen LogP contribution in [0.3, 0.4) is 0 Å². The number of rotatable bonds is 9. The van der Waals surface area contributed by atoms with Crippen LogP contribution in [0, 0.1) is 11.6 Å². The Morgan fingerprint density at radius 3 is 2.39 bits per heavy atom. The number of ether oxygens (including phenoxy) is 1. The molecule has 0 saturated heterocycles. The number of aromatic nitrogens is 3. The third-order valence-electron chi connectivity index (χ3n) is 5.02. The van der Waals surface area contributed by atoms with Gasteiger partial charge in [0.25, 0.3) is 5.91 Å². The number of carbonyl (C=O) groups is 2. The lowest BCUT2D eigenvalue weighted by Gasteiger charge is -2.11. The van der Waals surface area contributed by atoms with E-state index in [9.17, 15) is 18.4 Å². The van der Waals surface area contributed by atoms with E-state index in [1.54, 1.807) is 42.0 Å². The van der Waals surface area contributed by atoms with Crippen LogP contribution in [0.1, 0.15) is 16.2 Å². The first kappa shape index (κ1) is 24.9. The van der Waals surface area contributed by atoms with E-state index in [-0.39, 0.29) is 23.8 Å². The van der Waals surface area contributed by atoms with Gasteiger partial charge < -0.3 is 15.4 Å². The number of carbonyl (C=O) groups excluding carboxylic acids is 2. The van der Waals surface area contributed by atoms with E-state index in [0.29, 0.717) is 28.1 Å². The molecule has 11 heteroatoms. The van der Waals surface area contributed by atoms with Crippen molar-refractivity contribution in [2.75, 3.05) is 18.2 Å². The summed E-state index contributed by atoms with van der Waals surface area (Å²) in [5.74, 6) is -0.937. The summed E-state index contributed by atoms with van der Waals surface area (Å²) < 4.78 is 34.2. The summed E-state index contributed by atoms with van der Waals surface area (Å²) in [6.07, 6.45) is 0. The maximum atomic E-state index is 13.9. The molecule has 2 amide bonds. The van der Waals surface area contributed by atoms with Crippen LogP contribution < -0.4 is 15.4 Å². The highest BCUT2D eigenvalue weighted by Gasteiger charge is 2.18. The molecule has 3 aromatic carbocycles. The van der Waals surface area contributed by atoms with Gasteiger partial charge in [-0.2, -0.15) is 0 Å². The molecule has 2 N–H and O–H groups in total. The monoisotopic (exact) mass is 509 g/mol. The first-order chi connectivity index (χ1) is 17.4. The van der Waals surface area contributed by atoms with Crippen molar-refractivity contribution >= 4 is 29.3 Å². The summed E-state index contributed by atoms with van der Waals surface area (Å²) in [6.45, 7) is -0.0733. The first-order valence-electron chi connectivity index (χ1n) is 10.7. The zero-order valence-electron chi connectivity index (χ0n) is 19.1. The van der Waals surface area contributed by atoms with Crippen molar-refractivity contribution in [3.8, 4) is 11.4 Å². The Morgan fingerprint density at radius 2 is 1.69 bits per heavy atom. The predicted octanol–water partition coefficient (Wildman–Crippen LogP) is 4.21. The Labute approximate surface area is 209 Å². The highest BCUT2D eigenvalue weighted by atomic mass is 32.2. The van der Waals surface area contributed by atoms with E-state index in [0.717, 1.165) is 11.8 Å². The molecule has 0 unspecified atom stereocenters. The minimum Gasteiger partial charge on any atom is -0.497 e. The fourth-order valence-corrected chi connectivity index (χ4v) is 4.03. The van der Waals surface area contributed by atoms with Crippen LogP contribution in [0.15, 0.2) is 78.0 Å². The molecule has 0 aliphatic rings. The van der Waals surface area contributed by atoms with Crippen LogP contribution in [-0.4, -0.2) is 39.4 Å². The van der Waals surface area contributed by atoms with E-state index in [4.69, 9.17) is 4.74 Å². The predicted molar refractivity (Wildman–Crippen MR) is 131 cm³/mol. The van der Waals surface area contributed by atoms with Gasteiger partial charge in [-0.05, 0) is 60.7 Å². The molecule has 8 nitrogen and oxygen atoms in total. The van der Waals surface area contributed by atoms with Crippen LogP contribution in [0.4, 0.5) is 14.5 Å². The number of benzene rings is 3. The Kier molecular flexibility index (Phi) is 7.91. The minimum atomic E-state index is -0.644. The van der Waals surface area contributed by atoms with Gasteiger partial charge in [-0.25, -0.2) is 8.78 Å². The molecule has 1 heterocycles. The van der Waals surface area contributed by atoms with Crippen molar-refractivity contribution < 1.29 is 23.1 Å². The minimum absolute atomic E-state index is 0.0208. The Balaban J connectivity index is 1.49. The molecular formula is C25H21F2N5O3S. The molecule has 0 saturated carbocycles. The second-order valence-corrected chi connectivity index (χ2v) is 8.38. The molecule has 0 aliphatic heterocycles. The molecule has 36 heavy (non-hydrogen) atoms. The van der Waals surface area contributed by atoms with E-state index < -0.39 is 17.5 Å². The Morgan fingerprint density at radius 1 is 0.972 bits per heavy atom. The molecule has 0 bridgehead atoms. The van der Waals surface area contributed by atoms with Gasteiger partial charge in [0, 0.05) is 11.4 Å². The first-order valence-corrected chi connectivity index (χ1v) is 11.7.